The van der Waals surface area contributed by atoms with Crippen LogP contribution in [-0.2, 0) is 13.0 Å². The lowest BCUT2D eigenvalue weighted by atomic mass is 10.1. The van der Waals surface area contributed by atoms with Crippen molar-refractivity contribution in [1.82, 2.24) is 10.6 Å². The smallest absolute Gasteiger partial charge is 0.203 e. The van der Waals surface area contributed by atoms with Gasteiger partial charge < -0.3 is 29.6 Å². The number of hydrogen-bond acceptors (Lipinski definition) is 5. The van der Waals surface area contributed by atoms with Gasteiger partial charge >= 0.3 is 0 Å². The number of halogens is 1. The van der Waals surface area contributed by atoms with Crippen LogP contribution in [0, 0.1) is 6.92 Å². The predicted molar refractivity (Wildman–Crippen MR) is 136 cm³/mol. The molecule has 0 saturated heterocycles. The van der Waals surface area contributed by atoms with E-state index in [4.69, 9.17) is 23.9 Å². The second-order valence-corrected chi connectivity index (χ2v) is 6.68. The van der Waals surface area contributed by atoms with Crippen LogP contribution in [0.2, 0.25) is 0 Å². The van der Waals surface area contributed by atoms with Crippen LogP contribution in [0.5, 0.6) is 23.0 Å². The zero-order valence-electron chi connectivity index (χ0n) is 19.2. The van der Waals surface area contributed by atoms with E-state index in [1.165, 1.54) is 0 Å². The fraction of sp³-hybridized carbons (Fsp3) is 0.435. The lowest BCUT2D eigenvalue weighted by molar-refractivity contribution is 0.322. The average Bonchev–Trinajstić information content (AvgIpc) is 2.77. The molecule has 0 atom stereocenters. The van der Waals surface area contributed by atoms with Gasteiger partial charge in [0.2, 0.25) is 5.75 Å². The Bertz CT molecular complexity index is 859. The van der Waals surface area contributed by atoms with Gasteiger partial charge in [-0.1, -0.05) is 18.2 Å². The molecule has 0 radical (unpaired) electrons. The van der Waals surface area contributed by atoms with Gasteiger partial charge in [-0.15, -0.1) is 24.0 Å². The van der Waals surface area contributed by atoms with Gasteiger partial charge in [-0.25, -0.2) is 4.99 Å². The number of benzene rings is 2. The zero-order valence-corrected chi connectivity index (χ0v) is 21.5. The molecule has 31 heavy (non-hydrogen) atoms. The van der Waals surface area contributed by atoms with Gasteiger partial charge in [-0.2, -0.15) is 0 Å². The van der Waals surface area contributed by atoms with E-state index < -0.39 is 0 Å². The quantitative estimate of drug-likeness (QED) is 0.269. The van der Waals surface area contributed by atoms with E-state index in [0.29, 0.717) is 30.3 Å². The molecule has 2 N–H and O–H groups in total. The molecule has 0 amide bonds. The van der Waals surface area contributed by atoms with E-state index in [2.05, 4.69) is 22.8 Å². The summed E-state index contributed by atoms with van der Waals surface area (Å²) in [5.41, 5.74) is 3.23. The first kappa shape index (κ1) is 26.7. The van der Waals surface area contributed by atoms with Gasteiger partial charge in [0.15, 0.2) is 17.5 Å². The average molecular weight is 543 g/mol. The molecule has 0 saturated carbocycles. The summed E-state index contributed by atoms with van der Waals surface area (Å²) in [5.74, 6) is 3.53. The first-order chi connectivity index (χ1) is 14.6. The minimum absolute atomic E-state index is 0. The number of guanidine groups is 1. The van der Waals surface area contributed by atoms with Gasteiger partial charge in [0.25, 0.3) is 0 Å². The molecule has 0 aromatic heterocycles. The number of ether oxygens (including phenoxy) is 4. The van der Waals surface area contributed by atoms with Gasteiger partial charge in [0.05, 0.1) is 35.0 Å². The third-order valence-corrected chi connectivity index (χ3v) is 4.67. The van der Waals surface area contributed by atoms with Crippen molar-refractivity contribution in [2.45, 2.75) is 26.8 Å². The Morgan fingerprint density at radius 3 is 2.13 bits per heavy atom. The van der Waals surface area contributed by atoms with Gasteiger partial charge in [0, 0.05) is 24.2 Å². The van der Waals surface area contributed by atoms with Crippen LogP contribution in [0.15, 0.2) is 35.3 Å². The summed E-state index contributed by atoms with van der Waals surface area (Å²) in [6.07, 6.45) is 0.738. The highest BCUT2D eigenvalue weighted by Crippen LogP contribution is 2.39. The Morgan fingerprint density at radius 1 is 0.839 bits per heavy atom. The third kappa shape index (κ3) is 7.37. The lowest BCUT2D eigenvalue weighted by Gasteiger charge is -2.17. The lowest BCUT2D eigenvalue weighted by Crippen LogP contribution is -2.38. The van der Waals surface area contributed by atoms with Gasteiger partial charge in [-0.05, 0) is 38.0 Å². The maximum atomic E-state index is 5.56. The Labute approximate surface area is 202 Å². The standard InChI is InChI=1S/C23H33N3O4.HI/c1-7-24-23(26-15-18-9-8-16(2)14-20(18)28-4)25-13-12-17-10-11-19(27-3)22(30-6)21(17)29-5;/h8-11,14H,7,12-13,15H2,1-6H3,(H2,24,25,26);1H. The van der Waals surface area contributed by atoms with Crippen LogP contribution in [0.1, 0.15) is 23.6 Å². The predicted octanol–water partition coefficient (Wildman–Crippen LogP) is 3.95. The van der Waals surface area contributed by atoms with Gasteiger partial charge in [-0.3, -0.25) is 0 Å². The van der Waals surface area contributed by atoms with Crippen molar-refractivity contribution in [3.8, 4) is 23.0 Å². The minimum atomic E-state index is 0. The Balaban J connectivity index is 0.00000480. The first-order valence-electron chi connectivity index (χ1n) is 10.0. The van der Waals surface area contributed by atoms with Crippen LogP contribution in [0.3, 0.4) is 0 Å². The largest absolute Gasteiger partial charge is 0.496 e. The molecule has 172 valence electrons. The van der Waals surface area contributed by atoms with Crippen LogP contribution < -0.4 is 29.6 Å². The van der Waals surface area contributed by atoms with Crippen molar-refractivity contribution in [2.24, 2.45) is 4.99 Å². The second kappa shape index (κ2) is 13.8. The molecule has 0 aliphatic heterocycles. The van der Waals surface area contributed by atoms with Crippen LogP contribution >= 0.6 is 24.0 Å². The Kier molecular flexibility index (Phi) is 11.9. The topological polar surface area (TPSA) is 73.3 Å². The molecule has 8 heteroatoms. The highest BCUT2D eigenvalue weighted by Gasteiger charge is 2.15. The van der Waals surface area contributed by atoms with Crippen LogP contribution in [-0.4, -0.2) is 47.5 Å². The van der Waals surface area contributed by atoms with E-state index in [9.17, 15) is 0 Å². The van der Waals surface area contributed by atoms with Crippen molar-refractivity contribution < 1.29 is 18.9 Å². The molecule has 2 rings (SSSR count). The minimum Gasteiger partial charge on any atom is -0.496 e. The first-order valence-corrected chi connectivity index (χ1v) is 10.0. The molecule has 0 fully saturated rings. The number of aryl methyl sites for hydroxylation is 1. The Hall–Kier alpha value is -2.36. The zero-order chi connectivity index (χ0) is 21.9. The normalized spacial score (nSPS) is 10.7. The maximum absolute atomic E-state index is 5.56. The number of aliphatic imine (C=N–C) groups is 1. The summed E-state index contributed by atoms with van der Waals surface area (Å²) < 4.78 is 21.9. The molecule has 0 aliphatic carbocycles. The number of rotatable bonds is 10. The summed E-state index contributed by atoms with van der Waals surface area (Å²) >= 11 is 0. The number of methoxy groups -OCH3 is 4. The summed E-state index contributed by atoms with van der Waals surface area (Å²) in [4.78, 5) is 4.70. The molecule has 2 aromatic carbocycles. The monoisotopic (exact) mass is 543 g/mol. The highest BCUT2D eigenvalue weighted by atomic mass is 127. The van der Waals surface area contributed by atoms with Crippen molar-refractivity contribution in [3.63, 3.8) is 0 Å². The molecule has 2 aromatic rings. The molecule has 7 nitrogen and oxygen atoms in total. The summed E-state index contributed by atoms with van der Waals surface area (Å²) in [6.45, 7) is 6.07. The van der Waals surface area contributed by atoms with E-state index in [-0.39, 0.29) is 24.0 Å². The second-order valence-electron chi connectivity index (χ2n) is 6.68. The fourth-order valence-corrected chi connectivity index (χ4v) is 3.16. The van der Waals surface area contributed by atoms with Crippen molar-refractivity contribution in [2.75, 3.05) is 41.5 Å². The van der Waals surface area contributed by atoms with Crippen molar-refractivity contribution in [3.05, 3.63) is 47.0 Å². The van der Waals surface area contributed by atoms with E-state index in [1.807, 2.05) is 32.0 Å². The van der Waals surface area contributed by atoms with Crippen LogP contribution in [0.4, 0.5) is 0 Å². The SMILES string of the molecule is CCNC(=NCc1ccc(C)cc1OC)NCCc1ccc(OC)c(OC)c1OC.I. The number of hydrogen-bond donors (Lipinski definition) is 2. The molecule has 0 aliphatic rings. The number of nitrogens with one attached hydrogen (secondary N) is 2. The van der Waals surface area contributed by atoms with Gasteiger partial charge in [0.1, 0.15) is 5.75 Å². The highest BCUT2D eigenvalue weighted by molar-refractivity contribution is 14.0. The van der Waals surface area contributed by atoms with Crippen molar-refractivity contribution in [1.29, 1.82) is 0 Å². The van der Waals surface area contributed by atoms with Crippen molar-refractivity contribution >= 4 is 29.9 Å². The summed E-state index contributed by atoms with van der Waals surface area (Å²) in [7, 11) is 6.54. The molecule has 0 heterocycles. The fourth-order valence-electron chi connectivity index (χ4n) is 3.16. The number of nitrogens with zero attached hydrogens (tertiary/aromatic N) is 1. The van der Waals surface area contributed by atoms with E-state index >= 15 is 0 Å². The molecular weight excluding hydrogens is 509 g/mol. The molecule has 0 spiro atoms. The maximum Gasteiger partial charge on any atom is 0.203 e. The Morgan fingerprint density at radius 2 is 1.52 bits per heavy atom. The van der Waals surface area contributed by atoms with Crippen LogP contribution in [0.25, 0.3) is 0 Å². The third-order valence-electron chi connectivity index (χ3n) is 4.67. The van der Waals surface area contributed by atoms with E-state index in [1.54, 1.807) is 28.4 Å². The molecule has 0 unspecified atom stereocenters. The summed E-state index contributed by atoms with van der Waals surface area (Å²) in [6, 6.07) is 10.0. The molecular formula is C23H34IN3O4. The molecule has 0 bridgehead atoms. The summed E-state index contributed by atoms with van der Waals surface area (Å²) in [5, 5.41) is 6.66. The van der Waals surface area contributed by atoms with E-state index in [0.717, 1.165) is 41.4 Å².